The Morgan fingerprint density at radius 1 is 0.964 bits per heavy atom. The quantitative estimate of drug-likeness (QED) is 0.571. The second kappa shape index (κ2) is 9.89. The van der Waals surface area contributed by atoms with E-state index in [0.29, 0.717) is 16.3 Å². The molecule has 0 radical (unpaired) electrons. The first-order chi connectivity index (χ1) is 13.4. The Labute approximate surface area is 178 Å². The van der Waals surface area contributed by atoms with Crippen molar-refractivity contribution >= 4 is 35.1 Å². The Morgan fingerprint density at radius 2 is 1.64 bits per heavy atom. The van der Waals surface area contributed by atoms with Crippen LogP contribution in [0.1, 0.15) is 47.9 Å². The molecule has 0 bridgehead atoms. The molecule has 4 heteroatoms. The maximum absolute atomic E-state index is 12.6. The van der Waals surface area contributed by atoms with Crippen molar-refractivity contribution in [2.75, 3.05) is 11.1 Å². The number of aryl methyl sites for hydroxylation is 4. The second-order valence-electron chi connectivity index (χ2n) is 7.87. The van der Waals surface area contributed by atoms with E-state index in [9.17, 15) is 4.79 Å². The second-order valence-corrected chi connectivity index (χ2v) is 10.4. The summed E-state index contributed by atoms with van der Waals surface area (Å²) in [5.41, 5.74) is 5.90. The maximum Gasteiger partial charge on any atom is 0.234 e. The van der Waals surface area contributed by atoms with Gasteiger partial charge >= 0.3 is 0 Å². The minimum Gasteiger partial charge on any atom is -0.325 e. The highest BCUT2D eigenvalue weighted by molar-refractivity contribution is 8.04. The van der Waals surface area contributed by atoms with Crippen molar-refractivity contribution in [3.8, 4) is 0 Å². The number of carbonyl (C=O) groups is 1. The fourth-order valence-electron chi connectivity index (χ4n) is 3.76. The maximum atomic E-state index is 12.6. The molecule has 2 unspecified atom stereocenters. The van der Waals surface area contributed by atoms with Crippen molar-refractivity contribution in [1.29, 1.82) is 0 Å². The molecule has 2 aromatic carbocycles. The molecule has 1 aliphatic rings. The van der Waals surface area contributed by atoms with Gasteiger partial charge in [-0.1, -0.05) is 48.7 Å². The van der Waals surface area contributed by atoms with Crippen molar-refractivity contribution < 1.29 is 4.79 Å². The number of hydrogen-bond acceptors (Lipinski definition) is 3. The average molecular weight is 414 g/mol. The molecular formula is C24H31NOS2. The highest BCUT2D eigenvalue weighted by Crippen LogP contribution is 2.40. The summed E-state index contributed by atoms with van der Waals surface area (Å²) < 4.78 is 0. The van der Waals surface area contributed by atoms with Crippen LogP contribution in [0.2, 0.25) is 0 Å². The molecule has 28 heavy (non-hydrogen) atoms. The molecule has 0 aromatic heterocycles. The lowest BCUT2D eigenvalue weighted by molar-refractivity contribution is -0.113. The molecule has 1 fully saturated rings. The number of hydrogen-bond donors (Lipinski definition) is 1. The zero-order valence-corrected chi connectivity index (χ0v) is 19.0. The fourth-order valence-corrected chi connectivity index (χ4v) is 6.69. The molecule has 2 nitrogen and oxygen atoms in total. The zero-order chi connectivity index (χ0) is 20.1. The molecule has 0 spiro atoms. The summed E-state index contributed by atoms with van der Waals surface area (Å²) in [7, 11) is 0. The molecule has 3 rings (SSSR count). The van der Waals surface area contributed by atoms with Crippen molar-refractivity contribution in [3.63, 3.8) is 0 Å². The van der Waals surface area contributed by atoms with E-state index in [4.69, 9.17) is 0 Å². The summed E-state index contributed by atoms with van der Waals surface area (Å²) in [4.78, 5) is 14.0. The molecule has 0 saturated heterocycles. The van der Waals surface area contributed by atoms with Gasteiger partial charge in [-0.2, -0.15) is 0 Å². The van der Waals surface area contributed by atoms with E-state index in [0.717, 1.165) is 16.8 Å². The first-order valence-electron chi connectivity index (χ1n) is 10.2. The molecular weight excluding hydrogens is 382 g/mol. The van der Waals surface area contributed by atoms with Gasteiger partial charge in [0.25, 0.3) is 0 Å². The highest BCUT2D eigenvalue weighted by atomic mass is 32.2. The third kappa shape index (κ3) is 5.57. The van der Waals surface area contributed by atoms with Crippen LogP contribution in [0.25, 0.3) is 0 Å². The van der Waals surface area contributed by atoms with E-state index in [1.807, 2.05) is 55.6 Å². The van der Waals surface area contributed by atoms with E-state index in [2.05, 4.69) is 37.4 Å². The molecule has 0 aliphatic heterocycles. The van der Waals surface area contributed by atoms with Crippen LogP contribution in [0.4, 0.5) is 5.69 Å². The lowest BCUT2D eigenvalue weighted by Gasteiger charge is -2.31. The average Bonchev–Trinajstić information content (AvgIpc) is 2.67. The van der Waals surface area contributed by atoms with E-state index >= 15 is 0 Å². The van der Waals surface area contributed by atoms with Crippen LogP contribution in [-0.2, 0) is 4.79 Å². The van der Waals surface area contributed by atoms with Crippen LogP contribution in [-0.4, -0.2) is 22.2 Å². The van der Waals surface area contributed by atoms with Crippen LogP contribution >= 0.6 is 23.5 Å². The van der Waals surface area contributed by atoms with Gasteiger partial charge in [-0.25, -0.2) is 0 Å². The minimum atomic E-state index is 0.114. The first kappa shape index (κ1) is 21.3. The minimum absolute atomic E-state index is 0.114. The Bertz CT molecular complexity index is 813. The number of para-hydroxylation sites is 1. The zero-order valence-electron chi connectivity index (χ0n) is 17.4. The van der Waals surface area contributed by atoms with Gasteiger partial charge in [0.15, 0.2) is 0 Å². The topological polar surface area (TPSA) is 29.1 Å². The number of carbonyl (C=O) groups excluding carboxylic acids is 1. The van der Waals surface area contributed by atoms with Gasteiger partial charge in [0.05, 0.1) is 5.75 Å². The molecule has 1 amide bonds. The summed E-state index contributed by atoms with van der Waals surface area (Å²) in [6.07, 6.45) is 5.03. The van der Waals surface area contributed by atoms with Crippen LogP contribution < -0.4 is 5.32 Å². The van der Waals surface area contributed by atoms with Crippen molar-refractivity contribution in [3.05, 3.63) is 58.7 Å². The number of anilines is 1. The largest absolute Gasteiger partial charge is 0.325 e. The van der Waals surface area contributed by atoms with Crippen LogP contribution in [0, 0.1) is 27.7 Å². The molecule has 0 heterocycles. The molecule has 2 aromatic rings. The van der Waals surface area contributed by atoms with Gasteiger partial charge < -0.3 is 5.32 Å². The molecule has 1 saturated carbocycles. The van der Waals surface area contributed by atoms with E-state index < -0.39 is 0 Å². The fraction of sp³-hybridized carbons (Fsp3) is 0.458. The SMILES string of the molecule is Cc1ccc(C)c(SC2CCCCC2SCC(=O)Nc2c(C)cccc2C)c1. The number of nitrogens with one attached hydrogen (secondary N) is 1. The Morgan fingerprint density at radius 3 is 2.36 bits per heavy atom. The summed E-state index contributed by atoms with van der Waals surface area (Å²) in [5.74, 6) is 0.644. The molecule has 1 aliphatic carbocycles. The summed E-state index contributed by atoms with van der Waals surface area (Å²) >= 11 is 3.86. The van der Waals surface area contributed by atoms with Crippen LogP contribution in [0.5, 0.6) is 0 Å². The molecule has 2 atom stereocenters. The van der Waals surface area contributed by atoms with Crippen molar-refractivity contribution in [2.45, 2.75) is 68.8 Å². The predicted molar refractivity (Wildman–Crippen MR) is 125 cm³/mol. The Balaban J connectivity index is 1.60. The van der Waals surface area contributed by atoms with Gasteiger partial charge in [-0.3, -0.25) is 4.79 Å². The summed E-state index contributed by atoms with van der Waals surface area (Å²) in [5, 5.41) is 4.27. The van der Waals surface area contributed by atoms with E-state index in [1.165, 1.54) is 41.7 Å². The monoisotopic (exact) mass is 413 g/mol. The third-order valence-corrected chi connectivity index (χ3v) is 8.59. The third-order valence-electron chi connectivity index (χ3n) is 5.44. The predicted octanol–water partition coefficient (Wildman–Crippen LogP) is 6.70. The van der Waals surface area contributed by atoms with E-state index in [-0.39, 0.29) is 5.91 Å². The van der Waals surface area contributed by atoms with Crippen LogP contribution in [0.15, 0.2) is 41.3 Å². The summed E-state index contributed by atoms with van der Waals surface area (Å²) in [6.45, 7) is 8.46. The number of rotatable bonds is 6. The smallest absolute Gasteiger partial charge is 0.234 e. The van der Waals surface area contributed by atoms with Gasteiger partial charge in [-0.15, -0.1) is 23.5 Å². The number of thioether (sulfide) groups is 2. The van der Waals surface area contributed by atoms with Crippen molar-refractivity contribution in [2.24, 2.45) is 0 Å². The van der Waals surface area contributed by atoms with Gasteiger partial charge in [0, 0.05) is 21.1 Å². The van der Waals surface area contributed by atoms with E-state index in [1.54, 1.807) is 0 Å². The van der Waals surface area contributed by atoms with Crippen molar-refractivity contribution in [1.82, 2.24) is 0 Å². The van der Waals surface area contributed by atoms with Gasteiger partial charge in [-0.05, 0) is 63.3 Å². The first-order valence-corrected chi connectivity index (χ1v) is 12.1. The lowest BCUT2D eigenvalue weighted by atomic mass is 10.00. The molecule has 1 N–H and O–H groups in total. The standard InChI is InChI=1S/C24H31NOS2/c1-16-12-13-17(2)22(14-16)28-21-11-6-5-10-20(21)27-15-23(26)25-24-18(3)8-7-9-19(24)4/h7-9,12-14,20-21H,5-6,10-11,15H2,1-4H3,(H,25,26). The van der Waals surface area contributed by atoms with Crippen LogP contribution in [0.3, 0.4) is 0 Å². The Hall–Kier alpha value is -1.39. The number of benzene rings is 2. The lowest BCUT2D eigenvalue weighted by Crippen LogP contribution is -2.27. The molecule has 150 valence electrons. The normalized spacial score (nSPS) is 19.4. The van der Waals surface area contributed by atoms with Gasteiger partial charge in [0.2, 0.25) is 5.91 Å². The summed E-state index contributed by atoms with van der Waals surface area (Å²) in [6, 6.07) is 12.8. The highest BCUT2D eigenvalue weighted by Gasteiger charge is 2.27. The van der Waals surface area contributed by atoms with Gasteiger partial charge in [0.1, 0.15) is 0 Å². The number of amides is 1. The Kier molecular flexibility index (Phi) is 7.53.